The van der Waals surface area contributed by atoms with Gasteiger partial charge in [-0.2, -0.15) is 9.78 Å². The Hall–Kier alpha value is -1.14. The number of hydrogen-bond donors (Lipinski definition) is 0. The minimum absolute atomic E-state index is 0.128. The fraction of sp³-hybridized carbons (Fsp3) is 0.944. The zero-order valence-electron chi connectivity index (χ0n) is 29.5. The van der Waals surface area contributed by atoms with Crippen molar-refractivity contribution in [1.29, 1.82) is 0 Å². The van der Waals surface area contributed by atoms with Gasteiger partial charge in [-0.15, -0.1) is 0 Å². The maximum absolute atomic E-state index is 13.1. The number of carbonyl (C=O) groups excluding carboxylic acids is 2. The van der Waals surface area contributed by atoms with E-state index in [1.54, 1.807) is 0 Å². The smallest absolute Gasteiger partial charge is 0.298 e. The van der Waals surface area contributed by atoms with Crippen molar-refractivity contribution in [2.75, 3.05) is 0 Å². The van der Waals surface area contributed by atoms with E-state index in [2.05, 4.69) is 41.5 Å². The highest BCUT2D eigenvalue weighted by atomic mass is 17.2. The van der Waals surface area contributed by atoms with Gasteiger partial charge in [0.25, 0.3) is 0 Å². The van der Waals surface area contributed by atoms with Crippen LogP contribution in [-0.2, 0) is 29.1 Å². The third kappa shape index (κ3) is 19.2. The molecule has 0 fully saturated rings. The van der Waals surface area contributed by atoms with Crippen LogP contribution in [-0.4, -0.2) is 23.1 Å². The Bertz CT molecular complexity index is 630. The monoisotopic (exact) mass is 599 g/mol. The minimum Gasteiger partial charge on any atom is -0.298 e. The second kappa shape index (κ2) is 23.3. The van der Waals surface area contributed by atoms with Crippen LogP contribution >= 0.6 is 0 Å². The van der Waals surface area contributed by atoms with Gasteiger partial charge >= 0.3 is 11.9 Å². The molecule has 0 aliphatic heterocycles. The van der Waals surface area contributed by atoms with Crippen LogP contribution in [0, 0.1) is 23.7 Å². The summed E-state index contributed by atoms with van der Waals surface area (Å²) >= 11 is 0. The largest absolute Gasteiger partial charge is 0.345 e. The lowest BCUT2D eigenvalue weighted by Gasteiger charge is -2.30. The van der Waals surface area contributed by atoms with Gasteiger partial charge in [-0.25, -0.2) is 9.59 Å². The van der Waals surface area contributed by atoms with E-state index in [9.17, 15) is 9.59 Å². The second-order valence-corrected chi connectivity index (χ2v) is 14.0. The van der Waals surface area contributed by atoms with E-state index in [1.807, 2.05) is 27.7 Å². The molecule has 0 radical (unpaired) electrons. The molecule has 250 valence electrons. The van der Waals surface area contributed by atoms with E-state index >= 15 is 0 Å². The molecule has 4 atom stereocenters. The van der Waals surface area contributed by atoms with Crippen LogP contribution in [0.25, 0.3) is 0 Å². The molecule has 0 N–H and O–H groups in total. The normalized spacial score (nSPS) is 15.2. The lowest BCUT2D eigenvalue weighted by atomic mass is 9.86. The molecule has 6 heteroatoms. The molecule has 0 amide bonds. The van der Waals surface area contributed by atoms with Gasteiger partial charge < -0.3 is 0 Å². The Morgan fingerprint density at radius 2 is 0.833 bits per heavy atom. The molecule has 0 heterocycles. The topological polar surface area (TPSA) is 71.1 Å². The van der Waals surface area contributed by atoms with E-state index in [1.165, 1.54) is 25.7 Å². The maximum Gasteiger partial charge on any atom is 0.345 e. The molecule has 0 aliphatic carbocycles. The lowest BCUT2D eigenvalue weighted by molar-refractivity contribution is -0.343. The quantitative estimate of drug-likeness (QED) is 0.0692. The summed E-state index contributed by atoms with van der Waals surface area (Å²) in [5, 5.41) is 0. The van der Waals surface area contributed by atoms with Crippen molar-refractivity contribution in [1.82, 2.24) is 0 Å². The van der Waals surface area contributed by atoms with E-state index in [0.29, 0.717) is 24.7 Å². The average Bonchev–Trinajstić information content (AvgIpc) is 2.97. The van der Waals surface area contributed by atoms with Crippen molar-refractivity contribution >= 4 is 11.9 Å². The molecular formula is C36H70O6. The van der Waals surface area contributed by atoms with Crippen LogP contribution < -0.4 is 0 Å². The van der Waals surface area contributed by atoms with Crippen LogP contribution in [0.3, 0.4) is 0 Å². The summed E-state index contributed by atoms with van der Waals surface area (Å²) in [7, 11) is 0. The summed E-state index contributed by atoms with van der Waals surface area (Å²) in [6.45, 7) is 20.8. The Morgan fingerprint density at radius 3 is 1.12 bits per heavy atom. The van der Waals surface area contributed by atoms with Crippen LogP contribution in [0.15, 0.2) is 0 Å². The molecule has 0 aromatic heterocycles. The molecule has 0 saturated carbocycles. The highest BCUT2D eigenvalue weighted by Crippen LogP contribution is 2.30. The minimum atomic E-state index is -0.695. The molecule has 0 aromatic rings. The number of carbonyl (C=O) groups is 2. The van der Waals surface area contributed by atoms with Crippen molar-refractivity contribution in [3.63, 3.8) is 0 Å². The van der Waals surface area contributed by atoms with Crippen LogP contribution in [0.4, 0.5) is 0 Å². The molecular weight excluding hydrogens is 528 g/mol. The predicted octanol–water partition coefficient (Wildman–Crippen LogP) is 11.1. The Balaban J connectivity index is 4.97. The van der Waals surface area contributed by atoms with Gasteiger partial charge in [-0.3, -0.25) is 9.78 Å². The molecule has 0 aromatic carbocycles. The first-order chi connectivity index (χ1) is 19.9. The Morgan fingerprint density at radius 1 is 0.524 bits per heavy atom. The SMILES string of the molecule is CCCCC(CC)CC(CCCC)C(=O)OOC(C)(C)CCC(C)(C)OOC(=O)C(CCCC)CC(CC)CCCC. The molecule has 0 spiro atoms. The fourth-order valence-electron chi connectivity index (χ4n) is 5.46. The second-order valence-electron chi connectivity index (χ2n) is 14.0. The molecule has 0 bridgehead atoms. The zero-order chi connectivity index (χ0) is 32.0. The van der Waals surface area contributed by atoms with Crippen molar-refractivity contribution in [2.45, 2.75) is 196 Å². The van der Waals surface area contributed by atoms with Crippen molar-refractivity contribution in [3.05, 3.63) is 0 Å². The van der Waals surface area contributed by atoms with Crippen molar-refractivity contribution < 1.29 is 29.1 Å². The lowest BCUT2D eigenvalue weighted by Crippen LogP contribution is -2.34. The summed E-state index contributed by atoms with van der Waals surface area (Å²) in [5.41, 5.74) is -1.39. The van der Waals surface area contributed by atoms with Gasteiger partial charge in [0, 0.05) is 0 Å². The fourth-order valence-corrected chi connectivity index (χ4v) is 5.46. The van der Waals surface area contributed by atoms with Gasteiger partial charge in [-0.1, -0.05) is 119 Å². The first-order valence-corrected chi connectivity index (χ1v) is 17.7. The summed E-state index contributed by atoms with van der Waals surface area (Å²) < 4.78 is 0. The Kier molecular flexibility index (Phi) is 22.6. The first-order valence-electron chi connectivity index (χ1n) is 17.7. The van der Waals surface area contributed by atoms with Crippen LogP contribution in [0.2, 0.25) is 0 Å². The molecule has 0 rings (SSSR count). The maximum atomic E-state index is 13.1. The average molecular weight is 599 g/mol. The van der Waals surface area contributed by atoms with Gasteiger partial charge in [-0.05, 0) is 78.1 Å². The molecule has 4 unspecified atom stereocenters. The zero-order valence-corrected chi connectivity index (χ0v) is 29.5. The summed E-state index contributed by atoms with van der Waals surface area (Å²) in [4.78, 5) is 48.5. The van der Waals surface area contributed by atoms with Gasteiger partial charge in [0.1, 0.15) is 11.2 Å². The highest BCUT2D eigenvalue weighted by Gasteiger charge is 2.32. The molecule has 42 heavy (non-hydrogen) atoms. The summed E-state index contributed by atoms with van der Waals surface area (Å²) in [6.07, 6.45) is 17.9. The number of rotatable bonds is 27. The third-order valence-electron chi connectivity index (χ3n) is 8.83. The predicted molar refractivity (Wildman–Crippen MR) is 174 cm³/mol. The van der Waals surface area contributed by atoms with E-state index < -0.39 is 11.2 Å². The number of unbranched alkanes of at least 4 members (excludes halogenated alkanes) is 4. The summed E-state index contributed by atoms with van der Waals surface area (Å²) in [6, 6.07) is 0. The van der Waals surface area contributed by atoms with Crippen molar-refractivity contribution in [3.8, 4) is 0 Å². The Labute approximate surface area is 260 Å². The van der Waals surface area contributed by atoms with Gasteiger partial charge in [0.2, 0.25) is 0 Å². The van der Waals surface area contributed by atoms with Crippen LogP contribution in [0.5, 0.6) is 0 Å². The van der Waals surface area contributed by atoms with E-state index in [4.69, 9.17) is 19.6 Å². The van der Waals surface area contributed by atoms with E-state index in [-0.39, 0.29) is 23.8 Å². The number of hydrogen-bond acceptors (Lipinski definition) is 6. The third-order valence-corrected chi connectivity index (χ3v) is 8.83. The first kappa shape index (κ1) is 40.9. The summed E-state index contributed by atoms with van der Waals surface area (Å²) in [5.74, 6) is 0.322. The molecule has 0 aliphatic rings. The van der Waals surface area contributed by atoms with Gasteiger partial charge in [0.05, 0.1) is 11.8 Å². The molecule has 0 saturated heterocycles. The van der Waals surface area contributed by atoms with Crippen LogP contribution in [0.1, 0.15) is 185 Å². The standard InChI is InChI=1S/C36H70O6/c1-11-17-21-29(15-5)27-31(23-19-13-3)33(37)39-41-35(7,8)25-26-36(9,10)42-40-34(38)32(24-20-14-4)28-30(16-6)22-18-12-2/h29-32H,11-28H2,1-10H3. The van der Waals surface area contributed by atoms with Crippen molar-refractivity contribution in [2.24, 2.45) is 23.7 Å². The van der Waals surface area contributed by atoms with Gasteiger partial charge in [0.15, 0.2) is 0 Å². The molecule has 6 nitrogen and oxygen atoms in total. The van der Waals surface area contributed by atoms with E-state index in [0.717, 1.165) is 77.0 Å². The highest BCUT2D eigenvalue weighted by molar-refractivity contribution is 5.72.